The molecule has 0 unspecified atom stereocenters. The molecule has 0 aliphatic rings. The molecule has 0 spiro atoms. The molecular weight excluding hydrogens is 368 g/mol. The summed E-state index contributed by atoms with van der Waals surface area (Å²) in [6, 6.07) is 20.9. The number of para-hydroxylation sites is 1. The van der Waals surface area contributed by atoms with E-state index in [0.717, 1.165) is 16.1 Å². The van der Waals surface area contributed by atoms with Gasteiger partial charge < -0.3 is 10.2 Å². The Bertz CT molecular complexity index is 933. The van der Waals surface area contributed by atoms with Gasteiger partial charge in [0.25, 0.3) is 0 Å². The minimum atomic E-state index is -0.182. The van der Waals surface area contributed by atoms with Crippen LogP contribution in [0.1, 0.15) is 17.4 Å². The van der Waals surface area contributed by atoms with Crippen molar-refractivity contribution >= 4 is 40.6 Å². The van der Waals surface area contributed by atoms with Crippen molar-refractivity contribution in [2.45, 2.75) is 13.3 Å². The number of nitrogens with one attached hydrogen (secondary N) is 1. The fourth-order valence-corrected chi connectivity index (χ4v) is 3.43. The number of benzene rings is 2. The van der Waals surface area contributed by atoms with Crippen LogP contribution in [0.2, 0.25) is 0 Å². The average Bonchev–Trinajstić information content (AvgIpc) is 3.23. The van der Waals surface area contributed by atoms with Crippen LogP contribution in [0.4, 0.5) is 11.4 Å². The van der Waals surface area contributed by atoms with Crippen LogP contribution in [0, 0.1) is 0 Å². The van der Waals surface area contributed by atoms with Crippen molar-refractivity contribution in [2.75, 3.05) is 16.8 Å². The van der Waals surface area contributed by atoms with Gasteiger partial charge in [-0.25, -0.2) is 0 Å². The van der Waals surface area contributed by atoms with Crippen LogP contribution in [-0.2, 0) is 16.0 Å². The van der Waals surface area contributed by atoms with Gasteiger partial charge in [-0.2, -0.15) is 0 Å². The molecule has 142 valence electrons. The van der Waals surface area contributed by atoms with Gasteiger partial charge in [-0.3, -0.25) is 9.59 Å². The smallest absolute Gasteiger partial charge is 0.248 e. The van der Waals surface area contributed by atoms with Crippen molar-refractivity contribution in [3.8, 4) is 0 Å². The monoisotopic (exact) mass is 390 g/mol. The highest BCUT2D eigenvalue weighted by molar-refractivity contribution is 7.10. The third-order valence-electron chi connectivity index (χ3n) is 4.20. The zero-order valence-electron chi connectivity index (χ0n) is 15.7. The van der Waals surface area contributed by atoms with E-state index in [2.05, 4.69) is 5.32 Å². The number of rotatable bonds is 7. The summed E-state index contributed by atoms with van der Waals surface area (Å²) >= 11 is 1.58. The van der Waals surface area contributed by atoms with Gasteiger partial charge in [0.15, 0.2) is 0 Å². The average molecular weight is 391 g/mol. The summed E-state index contributed by atoms with van der Waals surface area (Å²) in [5.41, 5.74) is 2.51. The second-order valence-corrected chi connectivity index (χ2v) is 7.16. The minimum Gasteiger partial charge on any atom is -0.323 e. The molecule has 0 atom stereocenters. The van der Waals surface area contributed by atoms with Crippen LogP contribution in [0.15, 0.2) is 78.2 Å². The SMILES string of the molecule is CCN(C(=O)Cc1ccc(NC(=O)/C=C/c2cccs2)cc1)c1ccccc1. The Morgan fingerprint density at radius 2 is 1.75 bits per heavy atom. The molecule has 4 nitrogen and oxygen atoms in total. The van der Waals surface area contributed by atoms with Crippen LogP contribution in [-0.4, -0.2) is 18.4 Å². The molecule has 3 aromatic rings. The van der Waals surface area contributed by atoms with Gasteiger partial charge >= 0.3 is 0 Å². The summed E-state index contributed by atoms with van der Waals surface area (Å²) in [7, 11) is 0. The third-order valence-corrected chi connectivity index (χ3v) is 5.04. The second kappa shape index (κ2) is 9.67. The van der Waals surface area contributed by atoms with Crippen molar-refractivity contribution in [1.29, 1.82) is 0 Å². The Morgan fingerprint density at radius 3 is 2.39 bits per heavy atom. The molecule has 28 heavy (non-hydrogen) atoms. The summed E-state index contributed by atoms with van der Waals surface area (Å²) in [4.78, 5) is 27.5. The van der Waals surface area contributed by atoms with E-state index in [1.165, 1.54) is 6.08 Å². The number of anilines is 2. The number of likely N-dealkylation sites (N-methyl/N-ethyl adjacent to an activating group) is 1. The molecule has 0 aliphatic heterocycles. The van der Waals surface area contributed by atoms with E-state index in [0.29, 0.717) is 18.7 Å². The summed E-state index contributed by atoms with van der Waals surface area (Å²) in [6.07, 6.45) is 3.62. The molecule has 0 radical (unpaired) electrons. The lowest BCUT2D eigenvalue weighted by atomic mass is 10.1. The second-order valence-electron chi connectivity index (χ2n) is 6.19. The summed E-state index contributed by atoms with van der Waals surface area (Å²) in [6.45, 7) is 2.58. The highest BCUT2D eigenvalue weighted by Crippen LogP contribution is 2.16. The van der Waals surface area contributed by atoms with Crippen LogP contribution < -0.4 is 10.2 Å². The number of nitrogens with zero attached hydrogens (tertiary/aromatic N) is 1. The lowest BCUT2D eigenvalue weighted by molar-refractivity contribution is -0.118. The summed E-state index contributed by atoms with van der Waals surface area (Å²) < 4.78 is 0. The maximum atomic E-state index is 12.7. The first-order valence-electron chi connectivity index (χ1n) is 9.12. The van der Waals surface area contributed by atoms with Crippen molar-refractivity contribution < 1.29 is 9.59 Å². The predicted octanol–water partition coefficient (Wildman–Crippen LogP) is 5.00. The highest BCUT2D eigenvalue weighted by atomic mass is 32.1. The maximum absolute atomic E-state index is 12.7. The molecule has 1 N–H and O–H groups in total. The van der Waals surface area contributed by atoms with E-state index in [1.54, 1.807) is 22.3 Å². The lowest BCUT2D eigenvalue weighted by Gasteiger charge is -2.21. The molecule has 5 heteroatoms. The minimum absolute atomic E-state index is 0.0457. The van der Waals surface area contributed by atoms with Crippen LogP contribution >= 0.6 is 11.3 Å². The van der Waals surface area contributed by atoms with Crippen molar-refractivity contribution in [3.63, 3.8) is 0 Å². The standard InChI is InChI=1S/C23H22N2O2S/c1-2-25(20-7-4-3-5-8-20)23(27)17-18-10-12-19(13-11-18)24-22(26)15-14-21-9-6-16-28-21/h3-16H,2,17H2,1H3,(H,24,26)/b15-14+. The largest absolute Gasteiger partial charge is 0.323 e. The van der Waals surface area contributed by atoms with E-state index in [1.807, 2.05) is 79.0 Å². The molecule has 0 saturated heterocycles. The molecule has 0 aliphatic carbocycles. The fourth-order valence-electron chi connectivity index (χ4n) is 2.81. The number of amides is 2. The lowest BCUT2D eigenvalue weighted by Crippen LogP contribution is -2.31. The third kappa shape index (κ3) is 5.41. The number of hydrogen-bond acceptors (Lipinski definition) is 3. The van der Waals surface area contributed by atoms with Gasteiger partial charge in [0.1, 0.15) is 0 Å². The van der Waals surface area contributed by atoms with Crippen LogP contribution in [0.3, 0.4) is 0 Å². The van der Waals surface area contributed by atoms with E-state index < -0.39 is 0 Å². The van der Waals surface area contributed by atoms with Gasteiger partial charge in [-0.05, 0) is 54.3 Å². The van der Waals surface area contributed by atoms with Crippen molar-refractivity contribution in [3.05, 3.63) is 88.6 Å². The van der Waals surface area contributed by atoms with Crippen LogP contribution in [0.25, 0.3) is 6.08 Å². The zero-order valence-corrected chi connectivity index (χ0v) is 16.5. The first-order valence-corrected chi connectivity index (χ1v) is 10.0. The maximum Gasteiger partial charge on any atom is 0.248 e. The Hall–Kier alpha value is -3.18. The number of carbonyl (C=O) groups excluding carboxylic acids is 2. The molecule has 1 heterocycles. The quantitative estimate of drug-likeness (QED) is 0.578. The van der Waals surface area contributed by atoms with Gasteiger partial charge in [-0.15, -0.1) is 11.3 Å². The molecular formula is C23H22N2O2S. The highest BCUT2D eigenvalue weighted by Gasteiger charge is 2.14. The normalized spacial score (nSPS) is 10.8. The first-order chi connectivity index (χ1) is 13.7. The molecule has 0 bridgehead atoms. The van der Waals surface area contributed by atoms with E-state index >= 15 is 0 Å². The molecule has 1 aromatic heterocycles. The summed E-state index contributed by atoms with van der Waals surface area (Å²) in [5, 5.41) is 4.80. The van der Waals surface area contributed by atoms with E-state index in [-0.39, 0.29) is 11.8 Å². The molecule has 3 rings (SSSR count). The van der Waals surface area contributed by atoms with Gasteiger partial charge in [0.05, 0.1) is 6.42 Å². The van der Waals surface area contributed by atoms with Crippen molar-refractivity contribution in [2.24, 2.45) is 0 Å². The molecule has 0 fully saturated rings. The van der Waals surface area contributed by atoms with Crippen LogP contribution in [0.5, 0.6) is 0 Å². The number of carbonyl (C=O) groups is 2. The predicted molar refractivity (Wildman–Crippen MR) is 117 cm³/mol. The Labute approximate surface area is 169 Å². The topological polar surface area (TPSA) is 49.4 Å². The number of hydrogen-bond donors (Lipinski definition) is 1. The van der Waals surface area contributed by atoms with Crippen molar-refractivity contribution in [1.82, 2.24) is 0 Å². The van der Waals surface area contributed by atoms with E-state index in [4.69, 9.17) is 0 Å². The summed E-state index contributed by atoms with van der Waals surface area (Å²) in [5.74, 6) is -0.136. The first kappa shape index (κ1) is 19.6. The molecule has 0 saturated carbocycles. The van der Waals surface area contributed by atoms with Gasteiger partial charge in [-0.1, -0.05) is 36.4 Å². The van der Waals surface area contributed by atoms with Gasteiger partial charge in [0, 0.05) is 28.9 Å². The Kier molecular flexibility index (Phi) is 6.76. The Balaban J connectivity index is 1.58. The molecule has 2 aromatic carbocycles. The van der Waals surface area contributed by atoms with Gasteiger partial charge in [0.2, 0.25) is 11.8 Å². The Morgan fingerprint density at radius 1 is 1.00 bits per heavy atom. The van der Waals surface area contributed by atoms with E-state index in [9.17, 15) is 9.59 Å². The molecule has 2 amide bonds. The number of thiophene rings is 1. The zero-order chi connectivity index (χ0) is 19.8. The fraction of sp³-hybridized carbons (Fsp3) is 0.130.